The van der Waals surface area contributed by atoms with Crippen molar-refractivity contribution >= 4 is 0 Å². The molecule has 0 unspecified atom stereocenters. The van der Waals surface area contributed by atoms with Crippen LogP contribution in [-0.2, 0) is 9.47 Å². The molecule has 48 heavy (non-hydrogen) atoms. The summed E-state index contributed by atoms with van der Waals surface area (Å²) in [5.41, 5.74) is 0. The van der Waals surface area contributed by atoms with Gasteiger partial charge in [-0.3, -0.25) is 0 Å². The van der Waals surface area contributed by atoms with Gasteiger partial charge in [-0.2, -0.15) is 0 Å². The van der Waals surface area contributed by atoms with E-state index in [0.29, 0.717) is 0 Å². The summed E-state index contributed by atoms with van der Waals surface area (Å²) >= 11 is 0. The van der Waals surface area contributed by atoms with Crippen molar-refractivity contribution in [3.8, 4) is 0 Å². The first-order valence-electron chi connectivity index (χ1n) is 22.1. The van der Waals surface area contributed by atoms with Crippen LogP contribution in [0.2, 0.25) is 0 Å². The van der Waals surface area contributed by atoms with Crippen LogP contribution in [0.25, 0.3) is 0 Å². The molecule has 0 aliphatic carbocycles. The second-order valence-electron chi connectivity index (χ2n) is 14.8. The summed E-state index contributed by atoms with van der Waals surface area (Å²) in [4.78, 5) is 0. The van der Waals surface area contributed by atoms with Gasteiger partial charge in [0.2, 0.25) is 0 Å². The Labute approximate surface area is 304 Å². The lowest BCUT2D eigenvalue weighted by Crippen LogP contribution is -2.49. The molecule has 0 aromatic carbocycles. The summed E-state index contributed by atoms with van der Waals surface area (Å²) in [6, 6.07) is 0. The van der Waals surface area contributed by atoms with Crippen LogP contribution in [0.5, 0.6) is 0 Å². The fourth-order valence-electron chi connectivity index (χ4n) is 6.87. The zero-order chi connectivity index (χ0) is 35.1. The highest BCUT2D eigenvalue weighted by Gasteiger charge is 2.23. The van der Waals surface area contributed by atoms with Gasteiger partial charge >= 0.3 is 0 Å². The SMILES string of the molecule is CCCCCCCC/C=C\CCCCCCCCOC(CC[N+](CC)(CC)CC)OCCCCCCCC/C=C\CCCCCCCC. The first-order chi connectivity index (χ1) is 23.7. The minimum Gasteiger partial charge on any atom is -0.352 e. The van der Waals surface area contributed by atoms with Crippen molar-refractivity contribution in [2.45, 2.75) is 227 Å². The molecule has 0 aromatic rings. The van der Waals surface area contributed by atoms with E-state index in [1.165, 1.54) is 204 Å². The van der Waals surface area contributed by atoms with E-state index in [9.17, 15) is 0 Å². The second kappa shape index (κ2) is 39.2. The molecule has 0 N–H and O–H groups in total. The van der Waals surface area contributed by atoms with Gasteiger partial charge in [0.15, 0.2) is 6.29 Å². The molecule has 0 aliphatic rings. The van der Waals surface area contributed by atoms with E-state index in [1.54, 1.807) is 0 Å². The monoisotopic (exact) mass is 677 g/mol. The average Bonchev–Trinajstić information content (AvgIpc) is 3.11. The molecule has 286 valence electrons. The van der Waals surface area contributed by atoms with Gasteiger partial charge in [-0.25, -0.2) is 0 Å². The summed E-state index contributed by atoms with van der Waals surface area (Å²) in [6.45, 7) is 18.1. The number of unbranched alkanes of at least 4 members (excludes halogenated alkanes) is 24. The Morgan fingerprint density at radius 3 is 0.979 bits per heavy atom. The highest BCUT2D eigenvalue weighted by atomic mass is 16.7. The summed E-state index contributed by atoms with van der Waals surface area (Å²) < 4.78 is 13.9. The molecule has 0 radical (unpaired) electrons. The highest BCUT2D eigenvalue weighted by Crippen LogP contribution is 2.15. The number of allylic oxidation sites excluding steroid dienone is 4. The summed E-state index contributed by atoms with van der Waals surface area (Å²) in [5, 5.41) is 0. The molecule has 0 amide bonds. The van der Waals surface area contributed by atoms with Gasteiger partial charge in [0.1, 0.15) is 0 Å². The van der Waals surface area contributed by atoms with Crippen LogP contribution in [0, 0.1) is 0 Å². The average molecular weight is 677 g/mol. The van der Waals surface area contributed by atoms with Gasteiger partial charge in [-0.1, -0.05) is 154 Å². The topological polar surface area (TPSA) is 18.5 Å². The molecular formula is C45H90NO2+. The molecule has 0 aliphatic heterocycles. The van der Waals surface area contributed by atoms with Crippen LogP contribution in [-0.4, -0.2) is 50.2 Å². The lowest BCUT2D eigenvalue weighted by atomic mass is 10.1. The predicted molar refractivity (Wildman–Crippen MR) is 216 cm³/mol. The molecule has 3 heteroatoms. The predicted octanol–water partition coefficient (Wildman–Crippen LogP) is 14.7. The van der Waals surface area contributed by atoms with Gasteiger partial charge in [0, 0.05) is 19.6 Å². The van der Waals surface area contributed by atoms with E-state index in [-0.39, 0.29) is 6.29 Å². The number of rotatable bonds is 40. The van der Waals surface area contributed by atoms with Crippen molar-refractivity contribution in [2.24, 2.45) is 0 Å². The molecule has 0 spiro atoms. The Morgan fingerprint density at radius 1 is 0.375 bits per heavy atom. The van der Waals surface area contributed by atoms with Gasteiger partial charge in [-0.05, 0) is 85.0 Å². The minimum atomic E-state index is -0.0293. The first-order valence-corrected chi connectivity index (χ1v) is 22.1. The van der Waals surface area contributed by atoms with Gasteiger partial charge in [-0.15, -0.1) is 0 Å². The third-order valence-corrected chi connectivity index (χ3v) is 10.8. The zero-order valence-electron chi connectivity index (χ0n) is 33.9. The summed E-state index contributed by atoms with van der Waals surface area (Å²) in [5.74, 6) is 0. The van der Waals surface area contributed by atoms with Crippen LogP contribution in [0.3, 0.4) is 0 Å². The lowest BCUT2D eigenvalue weighted by molar-refractivity contribution is -0.924. The number of hydrogen-bond donors (Lipinski definition) is 0. The second-order valence-corrected chi connectivity index (χ2v) is 14.8. The molecule has 0 aromatic heterocycles. The van der Waals surface area contributed by atoms with Crippen LogP contribution in [0.1, 0.15) is 221 Å². The van der Waals surface area contributed by atoms with Gasteiger partial charge in [0.25, 0.3) is 0 Å². The largest absolute Gasteiger partial charge is 0.352 e. The van der Waals surface area contributed by atoms with Crippen molar-refractivity contribution < 1.29 is 14.0 Å². The van der Waals surface area contributed by atoms with E-state index in [2.05, 4.69) is 58.9 Å². The summed E-state index contributed by atoms with van der Waals surface area (Å²) in [7, 11) is 0. The minimum absolute atomic E-state index is 0.0293. The number of quaternary nitrogens is 1. The maximum atomic E-state index is 6.37. The van der Waals surface area contributed by atoms with Crippen LogP contribution < -0.4 is 0 Å². The Kier molecular flexibility index (Phi) is 38.6. The fraction of sp³-hybridized carbons (Fsp3) is 0.911. The third-order valence-electron chi connectivity index (χ3n) is 10.8. The zero-order valence-corrected chi connectivity index (χ0v) is 33.9. The maximum Gasteiger partial charge on any atom is 0.162 e. The van der Waals surface area contributed by atoms with E-state index in [4.69, 9.17) is 9.47 Å². The molecule has 0 saturated heterocycles. The molecule has 0 heterocycles. The van der Waals surface area contributed by atoms with Crippen molar-refractivity contribution in [3.63, 3.8) is 0 Å². The smallest absolute Gasteiger partial charge is 0.162 e. The Bertz CT molecular complexity index is 603. The molecule has 0 atom stereocenters. The third kappa shape index (κ3) is 32.6. The van der Waals surface area contributed by atoms with Gasteiger partial charge in [0.05, 0.1) is 26.2 Å². The fourth-order valence-corrected chi connectivity index (χ4v) is 6.87. The van der Waals surface area contributed by atoms with Crippen LogP contribution in [0.4, 0.5) is 0 Å². The number of ether oxygens (including phenoxy) is 2. The Balaban J connectivity index is 3.97. The van der Waals surface area contributed by atoms with Crippen molar-refractivity contribution in [1.82, 2.24) is 0 Å². The molecule has 0 fully saturated rings. The van der Waals surface area contributed by atoms with E-state index in [0.717, 1.165) is 26.2 Å². The lowest BCUT2D eigenvalue weighted by Gasteiger charge is -2.36. The molecule has 3 nitrogen and oxygen atoms in total. The quantitative estimate of drug-likeness (QED) is 0.0278. The molecule has 0 saturated carbocycles. The van der Waals surface area contributed by atoms with Crippen LogP contribution >= 0.6 is 0 Å². The van der Waals surface area contributed by atoms with Crippen molar-refractivity contribution in [1.29, 1.82) is 0 Å². The number of hydrogen-bond acceptors (Lipinski definition) is 2. The number of nitrogens with zero attached hydrogens (tertiary/aromatic N) is 1. The summed E-state index contributed by atoms with van der Waals surface area (Å²) in [6.07, 6.45) is 48.4. The Morgan fingerprint density at radius 2 is 0.667 bits per heavy atom. The van der Waals surface area contributed by atoms with Crippen molar-refractivity contribution in [3.05, 3.63) is 24.3 Å². The van der Waals surface area contributed by atoms with E-state index >= 15 is 0 Å². The van der Waals surface area contributed by atoms with Crippen molar-refractivity contribution in [2.75, 3.05) is 39.4 Å². The Hall–Kier alpha value is -0.640. The highest BCUT2D eigenvalue weighted by molar-refractivity contribution is 4.82. The maximum absolute atomic E-state index is 6.37. The molecular weight excluding hydrogens is 587 g/mol. The first kappa shape index (κ1) is 47.4. The van der Waals surface area contributed by atoms with Crippen LogP contribution in [0.15, 0.2) is 24.3 Å². The standard InChI is InChI=1S/C45H90NO2/c1-6-11-13-15-17-19-21-23-25-27-29-31-33-35-37-39-43-47-45(41-42-46(8-3,9-4)10-5)48-44-40-38-36-34-32-30-28-26-24-22-20-18-16-14-12-7-2/h23-26,45H,6-22,27-44H2,1-5H3/q+1/b25-23-,26-24-. The molecule has 0 bridgehead atoms. The normalized spacial score (nSPS) is 12.5. The van der Waals surface area contributed by atoms with E-state index in [1.807, 2.05) is 0 Å². The molecule has 0 rings (SSSR count). The van der Waals surface area contributed by atoms with Gasteiger partial charge < -0.3 is 14.0 Å². The van der Waals surface area contributed by atoms with E-state index < -0.39 is 0 Å².